The van der Waals surface area contributed by atoms with Crippen molar-refractivity contribution >= 4 is 23.6 Å². The van der Waals surface area contributed by atoms with Crippen LogP contribution in [-0.4, -0.2) is 19.0 Å². The number of ether oxygens (including phenoxy) is 1. The van der Waals surface area contributed by atoms with Crippen molar-refractivity contribution < 1.29 is 14.3 Å². The summed E-state index contributed by atoms with van der Waals surface area (Å²) in [4.78, 5) is 23.2. The van der Waals surface area contributed by atoms with Crippen molar-refractivity contribution in [3.05, 3.63) is 71.3 Å². The summed E-state index contributed by atoms with van der Waals surface area (Å²) >= 11 is 0. The molecule has 0 saturated carbocycles. The number of rotatable bonds is 5. The quantitative estimate of drug-likeness (QED) is 0.678. The molecule has 0 aliphatic carbocycles. The van der Waals surface area contributed by atoms with Crippen LogP contribution in [0.4, 0.5) is 5.69 Å². The second-order valence-electron chi connectivity index (χ2n) is 4.97. The first-order chi connectivity index (χ1) is 11.6. The predicted octanol–water partition coefficient (Wildman–Crippen LogP) is 3.19. The zero-order chi connectivity index (χ0) is 17.4. The second-order valence-corrected chi connectivity index (χ2v) is 4.97. The molecule has 24 heavy (non-hydrogen) atoms. The molecule has 1 N–H and O–H groups in total. The second kappa shape index (κ2) is 8.30. The molecule has 0 spiro atoms. The van der Waals surface area contributed by atoms with Gasteiger partial charge < -0.3 is 10.1 Å². The normalized spacial score (nSPS) is 10.2. The Balaban J connectivity index is 1.95. The number of nitrogens with zero attached hydrogens (tertiary/aromatic N) is 1. The molecule has 0 atom stereocenters. The van der Waals surface area contributed by atoms with Gasteiger partial charge in [-0.1, -0.05) is 24.3 Å². The summed E-state index contributed by atoms with van der Waals surface area (Å²) in [6, 6.07) is 15.9. The Hall–Kier alpha value is -3.39. The number of carbonyl (C=O) groups excluding carboxylic acids is 2. The molecule has 0 fully saturated rings. The summed E-state index contributed by atoms with van der Waals surface area (Å²) in [5.41, 5.74) is 2.81. The zero-order valence-electron chi connectivity index (χ0n) is 13.2. The highest BCUT2D eigenvalue weighted by molar-refractivity contribution is 6.02. The van der Waals surface area contributed by atoms with E-state index in [4.69, 9.17) is 5.26 Å². The van der Waals surface area contributed by atoms with Crippen LogP contribution in [0.3, 0.4) is 0 Å². The summed E-state index contributed by atoms with van der Waals surface area (Å²) < 4.78 is 4.63. The molecule has 0 saturated heterocycles. The Kier molecular flexibility index (Phi) is 5.87. The van der Waals surface area contributed by atoms with E-state index >= 15 is 0 Å². The maximum absolute atomic E-state index is 11.9. The Bertz CT molecular complexity index is 785. The molecule has 0 bridgehead atoms. The molecular formula is C19H16N2O3. The van der Waals surface area contributed by atoms with E-state index in [0.29, 0.717) is 17.7 Å². The molecule has 0 unspecified atom stereocenters. The van der Waals surface area contributed by atoms with E-state index in [-0.39, 0.29) is 5.91 Å². The lowest BCUT2D eigenvalue weighted by molar-refractivity contribution is -0.111. The third kappa shape index (κ3) is 4.82. The minimum atomic E-state index is -0.400. The number of nitriles is 1. The van der Waals surface area contributed by atoms with Crippen molar-refractivity contribution in [1.82, 2.24) is 0 Å². The largest absolute Gasteiger partial charge is 0.465 e. The van der Waals surface area contributed by atoms with Crippen LogP contribution in [0, 0.1) is 11.3 Å². The number of hydrogen-bond acceptors (Lipinski definition) is 4. The van der Waals surface area contributed by atoms with Gasteiger partial charge in [-0.15, -0.1) is 0 Å². The van der Waals surface area contributed by atoms with E-state index in [1.165, 1.54) is 13.2 Å². The van der Waals surface area contributed by atoms with Crippen LogP contribution < -0.4 is 5.32 Å². The summed E-state index contributed by atoms with van der Waals surface area (Å²) in [6.45, 7) is 0. The molecule has 0 aliphatic heterocycles. The highest BCUT2D eigenvalue weighted by Crippen LogP contribution is 2.11. The first-order valence-electron chi connectivity index (χ1n) is 7.25. The predicted molar refractivity (Wildman–Crippen MR) is 91.2 cm³/mol. The summed E-state index contributed by atoms with van der Waals surface area (Å²) in [7, 11) is 1.33. The number of benzene rings is 2. The van der Waals surface area contributed by atoms with Crippen molar-refractivity contribution in [2.24, 2.45) is 0 Å². The summed E-state index contributed by atoms with van der Waals surface area (Å²) in [5.74, 6) is -0.664. The molecule has 0 aromatic heterocycles. The lowest BCUT2D eigenvalue weighted by Crippen LogP contribution is -2.07. The molecule has 2 rings (SSSR count). The number of anilines is 1. The molecule has 5 nitrogen and oxygen atoms in total. The van der Waals surface area contributed by atoms with Gasteiger partial charge in [0.2, 0.25) is 5.91 Å². The Labute approximate surface area is 140 Å². The smallest absolute Gasteiger partial charge is 0.337 e. The summed E-state index contributed by atoms with van der Waals surface area (Å²) in [6.07, 6.45) is 3.41. The maximum Gasteiger partial charge on any atom is 0.337 e. The van der Waals surface area contributed by atoms with Gasteiger partial charge in [0.1, 0.15) is 0 Å². The fraction of sp³-hybridized carbons (Fsp3) is 0.105. The van der Waals surface area contributed by atoms with Crippen LogP contribution in [0.25, 0.3) is 6.08 Å². The van der Waals surface area contributed by atoms with E-state index in [1.807, 2.05) is 0 Å². The van der Waals surface area contributed by atoms with Crippen molar-refractivity contribution in [3.8, 4) is 6.07 Å². The van der Waals surface area contributed by atoms with Crippen LogP contribution in [-0.2, 0) is 16.0 Å². The zero-order valence-corrected chi connectivity index (χ0v) is 13.2. The Morgan fingerprint density at radius 3 is 2.38 bits per heavy atom. The highest BCUT2D eigenvalue weighted by atomic mass is 16.5. The van der Waals surface area contributed by atoms with E-state index in [1.54, 1.807) is 54.6 Å². The lowest BCUT2D eigenvalue weighted by Gasteiger charge is -2.03. The molecular weight excluding hydrogens is 304 g/mol. The van der Waals surface area contributed by atoms with Crippen LogP contribution in [0.15, 0.2) is 54.6 Å². The first-order valence-corrected chi connectivity index (χ1v) is 7.25. The lowest BCUT2D eigenvalue weighted by atomic mass is 10.1. The summed E-state index contributed by atoms with van der Waals surface area (Å²) in [5, 5.41) is 11.4. The van der Waals surface area contributed by atoms with Gasteiger partial charge >= 0.3 is 5.97 Å². The van der Waals surface area contributed by atoms with Gasteiger partial charge in [0.05, 0.1) is 25.2 Å². The average Bonchev–Trinajstić information content (AvgIpc) is 2.61. The molecule has 2 aromatic rings. The van der Waals surface area contributed by atoms with Crippen LogP contribution in [0.2, 0.25) is 0 Å². The highest BCUT2D eigenvalue weighted by Gasteiger charge is 2.03. The number of hydrogen-bond donors (Lipinski definition) is 1. The number of carbonyl (C=O) groups is 2. The van der Waals surface area contributed by atoms with Crippen LogP contribution in [0.5, 0.6) is 0 Å². The van der Waals surface area contributed by atoms with E-state index < -0.39 is 5.97 Å². The minimum absolute atomic E-state index is 0.264. The van der Waals surface area contributed by atoms with Crippen molar-refractivity contribution in [3.63, 3.8) is 0 Å². The standard InChI is InChI=1S/C19H16N2O3/c1-24-19(23)16-7-2-14(3-8-16)6-11-18(22)21-17-9-4-15(5-10-17)12-13-20/h2-11H,12H2,1H3,(H,21,22)/b11-6+. The fourth-order valence-electron chi connectivity index (χ4n) is 2.00. The Morgan fingerprint density at radius 2 is 1.79 bits per heavy atom. The monoisotopic (exact) mass is 320 g/mol. The molecule has 120 valence electrons. The van der Waals surface area contributed by atoms with E-state index in [2.05, 4.69) is 16.1 Å². The molecule has 1 amide bonds. The average molecular weight is 320 g/mol. The molecule has 5 heteroatoms. The van der Waals surface area contributed by atoms with Crippen molar-refractivity contribution in [2.45, 2.75) is 6.42 Å². The number of amides is 1. The Morgan fingerprint density at radius 1 is 1.12 bits per heavy atom. The topological polar surface area (TPSA) is 79.2 Å². The van der Waals surface area contributed by atoms with Gasteiger partial charge in [-0.3, -0.25) is 4.79 Å². The van der Waals surface area contributed by atoms with Gasteiger partial charge in [-0.05, 0) is 41.5 Å². The minimum Gasteiger partial charge on any atom is -0.465 e. The molecule has 0 aliphatic rings. The molecule has 0 radical (unpaired) electrons. The van der Waals surface area contributed by atoms with Gasteiger partial charge in [0.25, 0.3) is 0 Å². The third-order valence-corrected chi connectivity index (χ3v) is 3.26. The van der Waals surface area contributed by atoms with Gasteiger partial charge in [0, 0.05) is 11.8 Å². The fourth-order valence-corrected chi connectivity index (χ4v) is 2.00. The molecule has 2 aromatic carbocycles. The van der Waals surface area contributed by atoms with Gasteiger partial charge in [-0.25, -0.2) is 4.79 Å². The number of nitrogens with one attached hydrogen (secondary N) is 1. The number of esters is 1. The van der Waals surface area contributed by atoms with E-state index in [0.717, 1.165) is 11.1 Å². The molecule has 0 heterocycles. The van der Waals surface area contributed by atoms with Gasteiger partial charge in [-0.2, -0.15) is 5.26 Å². The van der Waals surface area contributed by atoms with E-state index in [9.17, 15) is 9.59 Å². The van der Waals surface area contributed by atoms with Gasteiger partial charge in [0.15, 0.2) is 0 Å². The number of methoxy groups -OCH3 is 1. The SMILES string of the molecule is COC(=O)c1ccc(/C=C/C(=O)Nc2ccc(CC#N)cc2)cc1. The van der Waals surface area contributed by atoms with Crippen molar-refractivity contribution in [2.75, 3.05) is 12.4 Å². The first kappa shape index (κ1) is 17.0. The van der Waals surface area contributed by atoms with Crippen molar-refractivity contribution in [1.29, 1.82) is 5.26 Å². The van der Waals surface area contributed by atoms with Crippen LogP contribution in [0.1, 0.15) is 21.5 Å². The maximum atomic E-state index is 11.9. The third-order valence-electron chi connectivity index (χ3n) is 3.26. The van der Waals surface area contributed by atoms with Crippen LogP contribution >= 0.6 is 0 Å².